The number of hydrogen-bond acceptors (Lipinski definition) is 1. The maximum Gasteiger partial charge on any atom is 0.235 e. The normalized spacial score (nSPS) is 41.4. The molecule has 0 aromatic rings. The van der Waals surface area contributed by atoms with Gasteiger partial charge < -0.3 is 4.12 Å². The molecule has 1 unspecified atom stereocenters. The van der Waals surface area contributed by atoms with Gasteiger partial charge in [-0.1, -0.05) is 15.3 Å². The lowest BCUT2D eigenvalue weighted by Crippen LogP contribution is -2.27. The minimum absolute atomic E-state index is 0.0723. The van der Waals surface area contributed by atoms with Crippen LogP contribution in [0.3, 0.4) is 0 Å². The van der Waals surface area contributed by atoms with E-state index in [9.17, 15) is 0 Å². The maximum atomic E-state index is 5.12. The summed E-state index contributed by atoms with van der Waals surface area (Å²) in [6.45, 7) is 0. The third-order valence-electron chi connectivity index (χ3n) is 0.644. The predicted octanol–water partition coefficient (Wildman–Crippen LogP) is -0.327. The van der Waals surface area contributed by atoms with Crippen LogP contribution in [0, 0.1) is 0 Å². The van der Waals surface area contributed by atoms with Gasteiger partial charge in [0.2, 0.25) is 7.66 Å². The van der Waals surface area contributed by atoms with Crippen molar-refractivity contribution in [2.45, 2.75) is 5.67 Å². The van der Waals surface area contributed by atoms with Gasteiger partial charge in [-0.25, -0.2) is 0 Å². The summed E-state index contributed by atoms with van der Waals surface area (Å²) in [6.07, 6.45) is 0. The van der Waals surface area contributed by atoms with Crippen LogP contribution in [0.1, 0.15) is 0 Å². The van der Waals surface area contributed by atoms with Gasteiger partial charge in [0.15, 0.2) is 0 Å². The fourth-order valence-corrected chi connectivity index (χ4v) is 5.23. The number of hydrogen-bond donors (Lipinski definition) is 0. The predicted molar refractivity (Wildman–Crippen MR) is 30.5 cm³/mol. The third kappa shape index (κ3) is 0.852. The van der Waals surface area contributed by atoms with E-state index in [0.717, 1.165) is 0 Å². The summed E-state index contributed by atoms with van der Waals surface area (Å²) < 4.78 is 5.12. The van der Waals surface area contributed by atoms with Crippen molar-refractivity contribution in [2.75, 3.05) is 0 Å². The van der Waals surface area contributed by atoms with Crippen LogP contribution in [0.2, 0.25) is 5.67 Å². The molecular formula is CH5BrOSi2. The van der Waals surface area contributed by atoms with E-state index in [4.69, 9.17) is 4.12 Å². The zero-order chi connectivity index (χ0) is 3.70. The summed E-state index contributed by atoms with van der Waals surface area (Å²) in [4.78, 5) is 0. The van der Waals surface area contributed by atoms with Gasteiger partial charge in [-0.3, -0.25) is 0 Å². The van der Waals surface area contributed by atoms with Crippen molar-refractivity contribution >= 4 is 32.7 Å². The molecule has 0 bridgehead atoms. The lowest BCUT2D eigenvalue weighted by atomic mass is 11.9. The quantitative estimate of drug-likeness (QED) is 0.356. The lowest BCUT2D eigenvalue weighted by molar-refractivity contribution is 0.602. The van der Waals surface area contributed by atoms with E-state index < -0.39 is 7.66 Å². The first-order valence-corrected chi connectivity index (χ1v) is 7.70. The highest BCUT2D eigenvalue weighted by Crippen LogP contribution is 2.09. The Labute approximate surface area is 43.0 Å². The fraction of sp³-hybridized carbons (Fsp3) is 1.00. The second kappa shape index (κ2) is 1.55. The first-order chi connectivity index (χ1) is 2.39. The molecule has 0 N–H and O–H groups in total. The molecule has 1 aliphatic rings. The third-order valence-corrected chi connectivity index (χ3v) is 12.3. The molecular weight excluding hydrogens is 164 g/mol. The van der Waals surface area contributed by atoms with Crippen LogP contribution in [-0.2, 0) is 4.12 Å². The van der Waals surface area contributed by atoms with Crippen molar-refractivity contribution in [3.8, 4) is 0 Å². The largest absolute Gasteiger partial charge is 0.455 e. The van der Waals surface area contributed by atoms with E-state index in [2.05, 4.69) is 15.3 Å². The highest BCUT2D eigenvalue weighted by Gasteiger charge is 2.15. The van der Waals surface area contributed by atoms with Crippen molar-refractivity contribution < 1.29 is 4.12 Å². The van der Waals surface area contributed by atoms with Gasteiger partial charge in [-0.05, 0) is 5.67 Å². The zero-order valence-electron chi connectivity index (χ0n) is 2.78. The number of rotatable bonds is 0. The van der Waals surface area contributed by atoms with Gasteiger partial charge in [0, 0.05) is 0 Å². The molecule has 0 aliphatic carbocycles. The molecule has 0 aromatic heterocycles. The molecule has 1 saturated heterocycles. The lowest BCUT2D eigenvalue weighted by Gasteiger charge is -2.17. The van der Waals surface area contributed by atoms with Gasteiger partial charge in [-0.2, -0.15) is 0 Å². The van der Waals surface area contributed by atoms with Gasteiger partial charge in [0.05, 0.1) is 0 Å². The smallest absolute Gasteiger partial charge is 0.235 e. The van der Waals surface area contributed by atoms with E-state index in [1.54, 1.807) is 0 Å². The zero-order valence-corrected chi connectivity index (χ0v) is 6.93. The number of halogens is 1. The molecule has 0 amide bonds. The molecule has 1 heterocycles. The molecule has 1 atom stereocenters. The van der Waals surface area contributed by atoms with Crippen molar-refractivity contribution in [3.05, 3.63) is 0 Å². The molecule has 0 radical (unpaired) electrons. The van der Waals surface area contributed by atoms with Gasteiger partial charge in [0.1, 0.15) is 9.76 Å². The Balaban J connectivity index is 2.08. The van der Waals surface area contributed by atoms with Crippen LogP contribution in [-0.4, -0.2) is 17.4 Å². The average molecular weight is 169 g/mol. The first kappa shape index (κ1) is 4.04. The molecule has 0 spiro atoms. The second-order valence-electron chi connectivity index (χ2n) is 1.07. The van der Waals surface area contributed by atoms with Gasteiger partial charge >= 0.3 is 0 Å². The van der Waals surface area contributed by atoms with Crippen molar-refractivity contribution in [3.63, 3.8) is 0 Å². The minimum atomic E-state index is -0.595. The molecule has 0 aromatic carbocycles. The van der Waals surface area contributed by atoms with Crippen LogP contribution in [0.4, 0.5) is 0 Å². The Hall–Kier alpha value is 0.874. The minimum Gasteiger partial charge on any atom is -0.455 e. The molecule has 30 valence electrons. The summed E-state index contributed by atoms with van der Waals surface area (Å²) in [6, 6.07) is 0. The Kier molecular flexibility index (Phi) is 1.25. The summed E-state index contributed by atoms with van der Waals surface area (Å²) >= 11 is 3.41. The molecule has 1 nitrogen and oxygen atoms in total. The maximum absolute atomic E-state index is 5.12. The van der Waals surface area contributed by atoms with Crippen molar-refractivity contribution in [1.82, 2.24) is 0 Å². The fourth-order valence-electron chi connectivity index (χ4n) is 0.207. The summed E-state index contributed by atoms with van der Waals surface area (Å²) in [5.74, 6) is 0. The highest BCUT2D eigenvalue weighted by atomic mass is 79.9. The van der Waals surface area contributed by atoms with Crippen LogP contribution in [0.15, 0.2) is 0 Å². The highest BCUT2D eigenvalue weighted by molar-refractivity contribution is 9.24. The topological polar surface area (TPSA) is 9.23 Å². The van der Waals surface area contributed by atoms with E-state index in [1.165, 1.54) is 5.67 Å². The van der Waals surface area contributed by atoms with E-state index in [0.29, 0.717) is 0 Å². The molecule has 0 saturated carbocycles. The molecule has 1 aliphatic heterocycles. The molecule has 1 rings (SSSR count). The second-order valence-corrected chi connectivity index (χ2v) is 9.00. The van der Waals surface area contributed by atoms with Gasteiger partial charge in [-0.15, -0.1) is 0 Å². The monoisotopic (exact) mass is 168 g/mol. The Morgan fingerprint density at radius 3 is 2.40 bits per heavy atom. The van der Waals surface area contributed by atoms with Crippen molar-refractivity contribution in [2.24, 2.45) is 0 Å². The van der Waals surface area contributed by atoms with E-state index >= 15 is 0 Å². The van der Waals surface area contributed by atoms with Crippen molar-refractivity contribution in [1.29, 1.82) is 0 Å². The summed E-state index contributed by atoms with van der Waals surface area (Å²) in [7, 11) is -0.523. The van der Waals surface area contributed by atoms with Crippen LogP contribution in [0.5, 0.6) is 0 Å². The van der Waals surface area contributed by atoms with E-state index in [-0.39, 0.29) is 9.76 Å². The molecule has 1 fully saturated rings. The summed E-state index contributed by atoms with van der Waals surface area (Å²) in [5.41, 5.74) is 1.46. The van der Waals surface area contributed by atoms with Crippen LogP contribution < -0.4 is 0 Å². The van der Waals surface area contributed by atoms with Crippen LogP contribution >= 0.6 is 15.3 Å². The Morgan fingerprint density at radius 2 is 2.40 bits per heavy atom. The SMILES string of the molecule is Br[SiH]1C[SiH2]O1. The standard InChI is InChI=1S/CH5BrOSi2/c2-5-1-4-3-5/h5H,1,4H2. The first-order valence-electron chi connectivity index (χ1n) is 1.65. The Bertz CT molecular complexity index is 36.6. The molecule has 4 heteroatoms. The summed E-state index contributed by atoms with van der Waals surface area (Å²) in [5, 5.41) is 0. The Morgan fingerprint density at radius 1 is 2.00 bits per heavy atom. The molecule has 5 heavy (non-hydrogen) atoms. The van der Waals surface area contributed by atoms with Crippen LogP contribution in [0.25, 0.3) is 0 Å². The van der Waals surface area contributed by atoms with E-state index in [1.807, 2.05) is 0 Å². The van der Waals surface area contributed by atoms with Gasteiger partial charge in [0.25, 0.3) is 0 Å². The average Bonchev–Trinajstić information content (AvgIpc) is 1.30.